The number of anilines is 1. The van der Waals surface area contributed by atoms with Crippen molar-refractivity contribution in [2.45, 2.75) is 69.0 Å². The molecule has 0 bridgehead atoms. The van der Waals surface area contributed by atoms with Gasteiger partial charge >= 0.3 is 231 Å². The van der Waals surface area contributed by atoms with E-state index in [1.165, 1.54) is 27.8 Å². The van der Waals surface area contributed by atoms with Crippen LogP contribution >= 0.6 is 67.0 Å². The molecule has 1 aliphatic heterocycles. The van der Waals surface area contributed by atoms with E-state index in [2.05, 4.69) is 25.4 Å². The van der Waals surface area contributed by atoms with Crippen LogP contribution < -0.4 is 17.2 Å². The monoisotopic (exact) mass is 806 g/mol. The molecule has 1 aliphatic rings. The minimum atomic E-state index is -5.65. The summed E-state index contributed by atoms with van der Waals surface area (Å²) < 4.78 is 53.6. The summed E-state index contributed by atoms with van der Waals surface area (Å²) in [5.74, 6) is 6.03. The first-order chi connectivity index (χ1) is 21.5. The number of hydrogen-bond acceptors (Lipinski definition) is 18. The molecule has 0 saturated carbocycles. The van der Waals surface area contributed by atoms with E-state index < -0.39 is 54.5 Å². The molecule has 0 amide bonds. The van der Waals surface area contributed by atoms with Gasteiger partial charge < -0.3 is 5.73 Å². The predicted octanol–water partition coefficient (Wildman–Crippen LogP) is 2.72. The van der Waals surface area contributed by atoms with Crippen molar-refractivity contribution in [1.29, 1.82) is 0 Å². The van der Waals surface area contributed by atoms with Gasteiger partial charge in [-0.1, -0.05) is 21.6 Å². The topological polar surface area (TPSA) is 278 Å². The van der Waals surface area contributed by atoms with Crippen molar-refractivity contribution in [3.05, 3.63) is 22.2 Å². The van der Waals surface area contributed by atoms with Crippen LogP contribution in [0.25, 0.3) is 0 Å². The van der Waals surface area contributed by atoms with Crippen LogP contribution in [-0.2, 0) is 36.5 Å². The van der Waals surface area contributed by atoms with Crippen LogP contribution in [0.2, 0.25) is 0 Å². The molecular weight excluding hydrogens is 765 g/mol. The van der Waals surface area contributed by atoms with Gasteiger partial charge in [-0.05, 0) is 13.8 Å². The zero-order valence-electron chi connectivity index (χ0n) is 26.0. The number of nitrogen functional groups attached to an aromatic ring is 1. The molecule has 1 aromatic rings. The summed E-state index contributed by atoms with van der Waals surface area (Å²) in [5, 5.41) is 0. The predicted molar refractivity (Wildman–Crippen MR) is 185 cm³/mol. The molecule has 4 atom stereocenters. The molecule has 18 nitrogen and oxygen atoms in total. The number of nitrogens with two attached hydrogens (primary N) is 2. The molecule has 47 heavy (non-hydrogen) atoms. The van der Waals surface area contributed by atoms with Gasteiger partial charge in [-0.2, -0.15) is 0 Å². The Morgan fingerprint density at radius 2 is 1.81 bits per heavy atom. The minimum absolute atomic E-state index is 0.0520. The Morgan fingerprint density at radius 3 is 2.43 bits per heavy atom. The van der Waals surface area contributed by atoms with Crippen molar-refractivity contribution in [1.82, 2.24) is 9.55 Å². The van der Waals surface area contributed by atoms with Crippen LogP contribution in [0, 0.1) is 11.8 Å². The molecule has 0 spiro atoms. The molecule has 2 unspecified atom stereocenters. The second kappa shape index (κ2) is 18.5. The van der Waals surface area contributed by atoms with Crippen molar-refractivity contribution in [2.24, 2.45) is 5.73 Å². The van der Waals surface area contributed by atoms with Crippen molar-refractivity contribution >= 4 is 72.8 Å². The molecule has 25 heteroatoms. The Hall–Kier alpha value is 0.0500. The number of rotatable bonds is 18. The number of aromatic nitrogens is 2. The second-order valence-corrected chi connectivity index (χ2v) is 21.9. The third-order valence-corrected chi connectivity index (χ3v) is 15.4. The van der Waals surface area contributed by atoms with Gasteiger partial charge in [0, 0.05) is 11.3 Å². The van der Waals surface area contributed by atoms with Gasteiger partial charge in [-0.25, -0.2) is 0 Å². The number of hydrogen-bond donors (Lipinski definition) is 7. The number of nitrogens with zero attached hydrogens (tertiary/aromatic N) is 2. The molecule has 0 radical (unpaired) electrons. The van der Waals surface area contributed by atoms with E-state index >= 15 is 0 Å². The van der Waals surface area contributed by atoms with Crippen LogP contribution in [-0.4, -0.2) is 87.4 Å². The van der Waals surface area contributed by atoms with Crippen LogP contribution in [0.1, 0.15) is 52.8 Å². The number of ether oxygens (including phenoxy) is 3. The van der Waals surface area contributed by atoms with E-state index in [0.717, 1.165) is 4.57 Å². The third-order valence-electron chi connectivity index (χ3n) is 5.30. The first-order valence-electron chi connectivity index (χ1n) is 13.4. The van der Waals surface area contributed by atoms with E-state index in [-0.39, 0.29) is 39.8 Å². The quantitative estimate of drug-likeness (QED) is 0.0369. The first kappa shape index (κ1) is 43.2. The van der Waals surface area contributed by atoms with Gasteiger partial charge in [-0.15, -0.1) is 0 Å². The SMILES string of the molecule is CC(C)(C)SSCOC1C[C@H](n2cc(C#CCOCSSC(C)(C)CN)c(N)nc2=O)O[C@@H]1CO[PH](O)(O)OP(=O)(O)OP(=O)(O)O. The Balaban J connectivity index is 2.15. The van der Waals surface area contributed by atoms with E-state index in [9.17, 15) is 28.6 Å². The van der Waals surface area contributed by atoms with Crippen molar-refractivity contribution in [3.63, 3.8) is 0 Å². The normalized spacial score (nSPS) is 20.9. The van der Waals surface area contributed by atoms with E-state index in [4.69, 9.17) is 40.0 Å². The molecule has 2 rings (SSSR count). The fraction of sp³-hybridized carbons (Fsp3) is 0.727. The maximum atomic E-state index is 12.8. The van der Waals surface area contributed by atoms with E-state index in [1.54, 1.807) is 21.6 Å². The van der Waals surface area contributed by atoms with Gasteiger partial charge in [-0.3, -0.25) is 0 Å². The molecule has 9 N–H and O–H groups in total. The fourth-order valence-corrected chi connectivity index (χ4v) is 10.7. The van der Waals surface area contributed by atoms with Gasteiger partial charge in [0.05, 0.1) is 0 Å². The molecular formula is C22H41N4O14P3S4. The fourth-order valence-electron chi connectivity index (χ4n) is 3.29. The summed E-state index contributed by atoms with van der Waals surface area (Å²) in [6.45, 7) is 9.94. The summed E-state index contributed by atoms with van der Waals surface area (Å²) in [6.07, 6.45) is -1.51. The average molecular weight is 807 g/mol. The molecule has 272 valence electrons. The zero-order chi connectivity index (χ0) is 35.7. The summed E-state index contributed by atoms with van der Waals surface area (Å²) in [6, 6.07) is 0. The molecule has 1 aromatic heterocycles. The summed E-state index contributed by atoms with van der Waals surface area (Å²) >= 11 is 0. The maximum absolute atomic E-state index is 12.8. The molecule has 0 aromatic carbocycles. The summed E-state index contributed by atoms with van der Waals surface area (Å²) in [7, 11) is -10.7. The Bertz CT molecular complexity index is 1400. The first-order valence-corrected chi connectivity index (χ1v) is 22.8. The Kier molecular flexibility index (Phi) is 17.0. The van der Waals surface area contributed by atoms with Crippen LogP contribution in [0.4, 0.5) is 5.82 Å². The second-order valence-electron chi connectivity index (χ2n) is 11.2. The average Bonchev–Trinajstić information content (AvgIpc) is 3.30. The molecule has 1 saturated heterocycles. The van der Waals surface area contributed by atoms with Crippen molar-refractivity contribution in [3.8, 4) is 11.8 Å². The van der Waals surface area contributed by atoms with Gasteiger partial charge in [0.1, 0.15) is 5.94 Å². The molecule has 1 fully saturated rings. The molecule has 0 aliphatic carbocycles. The van der Waals surface area contributed by atoms with Crippen LogP contribution in [0.3, 0.4) is 0 Å². The molecule has 2 heterocycles. The Morgan fingerprint density at radius 1 is 1.15 bits per heavy atom. The standard InChI is InChI=1S/C22H41N4O14P3S4/c1-21(2,3)46-45-14-36-16-9-18(38-17(16)11-37-42(31,32)40-43(33,34)39-41(28,29)30)26-10-15(19(24)25-20(26)27)7-6-8-35-13-44-47-22(4,5)12-23/h10,16-18,31-32,42H,8-9,11-14,23H2,1-5H3,(H,33,34)(H2,24,25,27)(H2,28,29,30)/t16?,17-,18-/m1/s1. The zero-order valence-corrected chi connectivity index (χ0v) is 32.1. The van der Waals surface area contributed by atoms with Crippen molar-refractivity contribution < 1.29 is 61.0 Å². The van der Waals surface area contributed by atoms with E-state index in [0.29, 0.717) is 12.5 Å². The van der Waals surface area contributed by atoms with Crippen molar-refractivity contribution in [2.75, 3.05) is 37.4 Å². The van der Waals surface area contributed by atoms with Gasteiger partial charge in [0.2, 0.25) is 0 Å². The van der Waals surface area contributed by atoms with Crippen LogP contribution in [0.15, 0.2) is 11.0 Å². The van der Waals surface area contributed by atoms with Crippen LogP contribution in [0.5, 0.6) is 0 Å². The van der Waals surface area contributed by atoms with Gasteiger partial charge in [0.25, 0.3) is 0 Å². The number of phosphoric acid groups is 2. The summed E-state index contributed by atoms with van der Waals surface area (Å²) in [5.41, 5.74) is 11.1. The Labute approximate surface area is 288 Å². The third kappa shape index (κ3) is 17.2. The van der Waals surface area contributed by atoms with E-state index in [1.807, 2.05) is 34.6 Å². The van der Waals surface area contributed by atoms with Gasteiger partial charge in [0.15, 0.2) is 0 Å². The summed E-state index contributed by atoms with van der Waals surface area (Å²) in [4.78, 5) is 63.7.